The second kappa shape index (κ2) is 8.84. The largest absolute Gasteiger partial charge is 0.353 e. The van der Waals surface area contributed by atoms with Gasteiger partial charge in [-0.3, -0.25) is 9.10 Å². The summed E-state index contributed by atoms with van der Waals surface area (Å²) in [6.45, 7) is 8.35. The van der Waals surface area contributed by atoms with Crippen LogP contribution in [-0.2, 0) is 19.9 Å². The van der Waals surface area contributed by atoms with Crippen molar-refractivity contribution in [2.45, 2.75) is 32.1 Å². The number of nitrogens with zero attached hydrogens (tertiary/aromatic N) is 4. The van der Waals surface area contributed by atoms with Crippen molar-refractivity contribution in [1.29, 1.82) is 0 Å². The predicted octanol–water partition coefficient (Wildman–Crippen LogP) is 1.91. The van der Waals surface area contributed by atoms with E-state index in [1.807, 2.05) is 20.8 Å². The summed E-state index contributed by atoms with van der Waals surface area (Å²) in [6.07, 6.45) is 1.52. The number of hydrogen-bond donors (Lipinski definition) is 0. The summed E-state index contributed by atoms with van der Waals surface area (Å²) < 4.78 is 50.9. The fourth-order valence-corrected chi connectivity index (χ4v) is 6.97. The number of sulfonamides is 1. The Morgan fingerprint density at radius 3 is 2.24 bits per heavy atom. The molecule has 9 nitrogen and oxygen atoms in total. The number of rotatable bonds is 4. The van der Waals surface area contributed by atoms with Crippen LogP contribution in [-0.4, -0.2) is 77.4 Å². The van der Waals surface area contributed by atoms with Crippen molar-refractivity contribution in [3.8, 4) is 0 Å². The van der Waals surface area contributed by atoms with Crippen LogP contribution in [0.25, 0.3) is 0 Å². The van der Waals surface area contributed by atoms with Gasteiger partial charge in [-0.05, 0) is 56.5 Å². The highest BCUT2D eigenvalue weighted by molar-refractivity contribution is 7.93. The lowest BCUT2D eigenvalue weighted by Gasteiger charge is -2.36. The molecule has 34 heavy (non-hydrogen) atoms. The summed E-state index contributed by atoms with van der Waals surface area (Å²) in [4.78, 5) is 21.7. The molecule has 3 heterocycles. The van der Waals surface area contributed by atoms with Crippen LogP contribution in [0.2, 0.25) is 0 Å². The molecule has 11 heteroatoms. The van der Waals surface area contributed by atoms with Gasteiger partial charge in [0.25, 0.3) is 5.91 Å². The molecule has 2 aliphatic rings. The van der Waals surface area contributed by atoms with Gasteiger partial charge in [0.1, 0.15) is 5.82 Å². The predicted molar refractivity (Wildman–Crippen MR) is 132 cm³/mol. The summed E-state index contributed by atoms with van der Waals surface area (Å²) >= 11 is 0. The molecule has 1 aromatic carbocycles. The number of pyridine rings is 1. The van der Waals surface area contributed by atoms with E-state index in [0.717, 1.165) is 28.9 Å². The van der Waals surface area contributed by atoms with Crippen LogP contribution in [0.1, 0.15) is 33.6 Å². The molecule has 0 unspecified atom stereocenters. The van der Waals surface area contributed by atoms with Crippen LogP contribution in [0.15, 0.2) is 29.2 Å². The average Bonchev–Trinajstić information content (AvgIpc) is 3.14. The smallest absolute Gasteiger partial charge is 0.255 e. The van der Waals surface area contributed by atoms with E-state index in [1.165, 1.54) is 22.5 Å². The van der Waals surface area contributed by atoms with Gasteiger partial charge < -0.3 is 9.80 Å². The van der Waals surface area contributed by atoms with Gasteiger partial charge >= 0.3 is 0 Å². The minimum atomic E-state index is -3.76. The second-order valence-electron chi connectivity index (χ2n) is 9.00. The van der Waals surface area contributed by atoms with E-state index in [0.29, 0.717) is 39.1 Å². The third kappa shape index (κ3) is 4.63. The van der Waals surface area contributed by atoms with Crippen molar-refractivity contribution in [3.63, 3.8) is 0 Å². The molecule has 0 radical (unpaired) electrons. The Bertz CT molecular complexity index is 1350. The summed E-state index contributed by atoms with van der Waals surface area (Å²) in [6, 6.07) is 6.37. The molecule has 0 saturated carbocycles. The monoisotopic (exact) mass is 506 g/mol. The lowest BCUT2D eigenvalue weighted by molar-refractivity contribution is 0.0742. The normalized spacial score (nSPS) is 18.4. The molecule has 2 saturated heterocycles. The zero-order valence-electron chi connectivity index (χ0n) is 19.9. The summed E-state index contributed by atoms with van der Waals surface area (Å²) in [5, 5.41) is 0. The third-order valence-corrected chi connectivity index (χ3v) is 9.49. The maximum absolute atomic E-state index is 13.3. The first-order valence-electron chi connectivity index (χ1n) is 11.2. The van der Waals surface area contributed by atoms with Gasteiger partial charge in [-0.15, -0.1) is 0 Å². The number of sulfone groups is 1. The standard InChI is InChI=1S/C23H30N4O5S2/c1-16-14-17(2)22(24-18(16)3)25-9-11-26(12-10-25)23(28)20-7-6-19(15-21(20)33(4,29)30)27-8-5-13-34(27,31)32/h6-7,14-15H,5,8-13H2,1-4H3. The molecule has 0 aliphatic carbocycles. The highest BCUT2D eigenvalue weighted by atomic mass is 32.2. The minimum absolute atomic E-state index is 0.0288. The maximum Gasteiger partial charge on any atom is 0.255 e. The fraction of sp³-hybridized carbons (Fsp3) is 0.478. The number of anilines is 2. The molecule has 0 atom stereocenters. The Kier molecular flexibility index (Phi) is 6.36. The first-order valence-corrected chi connectivity index (χ1v) is 14.7. The van der Waals surface area contributed by atoms with Gasteiger partial charge in [0.15, 0.2) is 9.84 Å². The quantitative estimate of drug-likeness (QED) is 0.623. The lowest BCUT2D eigenvalue weighted by atomic mass is 10.1. The SMILES string of the molecule is Cc1cc(C)c(N2CCN(C(=O)c3ccc(N4CCCS4(=O)=O)cc3S(C)(=O)=O)CC2)nc1C. The molecule has 0 N–H and O–H groups in total. The van der Waals surface area contributed by atoms with Crippen molar-refractivity contribution in [2.75, 3.05) is 53.9 Å². The molecular weight excluding hydrogens is 476 g/mol. The third-order valence-electron chi connectivity index (χ3n) is 6.48. The first-order chi connectivity index (χ1) is 15.9. The highest BCUT2D eigenvalue weighted by Crippen LogP contribution is 2.30. The van der Waals surface area contributed by atoms with E-state index >= 15 is 0 Å². The lowest BCUT2D eigenvalue weighted by Crippen LogP contribution is -2.49. The Hall–Kier alpha value is -2.66. The zero-order chi connectivity index (χ0) is 24.8. The van der Waals surface area contributed by atoms with Crippen molar-refractivity contribution in [3.05, 3.63) is 46.6 Å². The molecule has 1 amide bonds. The Morgan fingerprint density at radius 2 is 1.65 bits per heavy atom. The van der Waals surface area contributed by atoms with Crippen molar-refractivity contribution in [2.24, 2.45) is 0 Å². The molecule has 184 valence electrons. The molecule has 0 bridgehead atoms. The van der Waals surface area contributed by atoms with Crippen LogP contribution >= 0.6 is 0 Å². The molecule has 2 fully saturated rings. The topological polar surface area (TPSA) is 108 Å². The number of aryl methyl sites for hydroxylation is 3. The fourth-order valence-electron chi connectivity index (χ4n) is 4.52. The van der Waals surface area contributed by atoms with E-state index in [4.69, 9.17) is 4.98 Å². The number of amides is 1. The van der Waals surface area contributed by atoms with Crippen molar-refractivity contribution in [1.82, 2.24) is 9.88 Å². The van der Waals surface area contributed by atoms with E-state index in [2.05, 4.69) is 11.0 Å². The number of piperazine rings is 1. The van der Waals surface area contributed by atoms with E-state index < -0.39 is 19.9 Å². The summed E-state index contributed by atoms with van der Waals surface area (Å²) in [5.41, 5.74) is 3.52. The van der Waals surface area contributed by atoms with E-state index in [1.54, 1.807) is 4.90 Å². The van der Waals surface area contributed by atoms with Gasteiger partial charge in [0.2, 0.25) is 10.0 Å². The molecule has 1 aromatic heterocycles. The molecular formula is C23H30N4O5S2. The van der Waals surface area contributed by atoms with Gasteiger partial charge in [-0.2, -0.15) is 0 Å². The van der Waals surface area contributed by atoms with Gasteiger partial charge in [0, 0.05) is 44.7 Å². The number of hydrogen-bond acceptors (Lipinski definition) is 7. The highest BCUT2D eigenvalue weighted by Gasteiger charge is 2.32. The van der Waals surface area contributed by atoms with E-state index in [9.17, 15) is 21.6 Å². The summed E-state index contributed by atoms with van der Waals surface area (Å²) in [5.74, 6) is 0.560. The Labute approximate surface area is 201 Å². The molecule has 0 spiro atoms. The van der Waals surface area contributed by atoms with Crippen LogP contribution in [0.4, 0.5) is 11.5 Å². The number of carbonyl (C=O) groups is 1. The van der Waals surface area contributed by atoms with Crippen LogP contribution in [0.5, 0.6) is 0 Å². The van der Waals surface area contributed by atoms with Gasteiger partial charge in [-0.25, -0.2) is 21.8 Å². The van der Waals surface area contributed by atoms with Gasteiger partial charge in [-0.1, -0.05) is 6.07 Å². The Morgan fingerprint density at radius 1 is 0.971 bits per heavy atom. The molecule has 2 aliphatic heterocycles. The average molecular weight is 507 g/mol. The summed E-state index contributed by atoms with van der Waals surface area (Å²) in [7, 11) is -7.23. The zero-order valence-corrected chi connectivity index (χ0v) is 21.5. The van der Waals surface area contributed by atoms with Crippen molar-refractivity contribution >= 4 is 37.3 Å². The first kappa shape index (κ1) is 24.5. The number of carbonyl (C=O) groups excluding carboxylic acids is 1. The van der Waals surface area contributed by atoms with E-state index in [-0.39, 0.29) is 27.8 Å². The maximum atomic E-state index is 13.3. The van der Waals surface area contributed by atoms with Crippen LogP contribution in [0.3, 0.4) is 0 Å². The van der Waals surface area contributed by atoms with Crippen LogP contribution < -0.4 is 9.21 Å². The second-order valence-corrected chi connectivity index (χ2v) is 13.0. The molecule has 4 rings (SSSR count). The van der Waals surface area contributed by atoms with Gasteiger partial charge in [0.05, 0.1) is 21.9 Å². The minimum Gasteiger partial charge on any atom is -0.353 e. The van der Waals surface area contributed by atoms with Crippen LogP contribution in [0, 0.1) is 20.8 Å². The molecule has 2 aromatic rings. The Balaban J connectivity index is 1.57. The number of aromatic nitrogens is 1. The number of benzene rings is 1. The van der Waals surface area contributed by atoms with Crippen molar-refractivity contribution < 1.29 is 21.6 Å².